The molecule has 0 saturated carbocycles. The maximum Gasteiger partial charge on any atom is 0.256 e. The first-order valence-electron chi connectivity index (χ1n) is 6.27. The van der Waals surface area contributed by atoms with Gasteiger partial charge in [-0.05, 0) is 25.5 Å². The highest BCUT2D eigenvalue weighted by atomic mass is 19.1. The van der Waals surface area contributed by atoms with Gasteiger partial charge in [0.2, 0.25) is 11.9 Å². The number of amides is 2. The monoisotopic (exact) mass is 265 g/mol. The predicted octanol–water partition coefficient (Wildman–Crippen LogP) is 0.961. The van der Waals surface area contributed by atoms with Gasteiger partial charge in [-0.15, -0.1) is 0 Å². The molecule has 19 heavy (non-hydrogen) atoms. The van der Waals surface area contributed by atoms with Crippen molar-refractivity contribution in [3.8, 4) is 0 Å². The van der Waals surface area contributed by atoms with Crippen molar-refractivity contribution in [1.29, 1.82) is 0 Å². The number of pyridine rings is 1. The van der Waals surface area contributed by atoms with Crippen LogP contribution in [-0.4, -0.2) is 40.8 Å². The summed E-state index contributed by atoms with van der Waals surface area (Å²) < 4.78 is 13.3. The first-order chi connectivity index (χ1) is 9.08. The number of hydrogen-bond donors (Lipinski definition) is 1. The van der Waals surface area contributed by atoms with Gasteiger partial charge < -0.3 is 10.2 Å². The molecule has 5 nitrogen and oxygen atoms in total. The van der Waals surface area contributed by atoms with E-state index in [9.17, 15) is 14.0 Å². The largest absolute Gasteiger partial charge is 0.348 e. The summed E-state index contributed by atoms with van der Waals surface area (Å²) >= 11 is 0. The van der Waals surface area contributed by atoms with E-state index in [1.165, 1.54) is 18.3 Å². The van der Waals surface area contributed by atoms with Gasteiger partial charge in [-0.25, -0.2) is 4.98 Å². The fraction of sp³-hybridized carbons (Fsp3) is 0.462. The molecule has 1 unspecified atom stereocenters. The second-order valence-corrected chi connectivity index (χ2v) is 4.66. The second kappa shape index (κ2) is 5.77. The summed E-state index contributed by atoms with van der Waals surface area (Å²) in [5.41, 5.74) is -0.0814. The zero-order valence-corrected chi connectivity index (χ0v) is 10.7. The number of aromatic nitrogens is 1. The number of carbonyl (C=O) groups excluding carboxylic acids is 2. The number of hydrogen-bond acceptors (Lipinski definition) is 3. The molecular formula is C13H16FN3O2. The number of carbonyl (C=O) groups is 2. The third-order valence-electron chi connectivity index (χ3n) is 3.05. The summed E-state index contributed by atoms with van der Waals surface area (Å²) in [5, 5.41) is 2.67. The van der Waals surface area contributed by atoms with Crippen LogP contribution in [-0.2, 0) is 4.79 Å². The Bertz CT molecular complexity index is 493. The zero-order chi connectivity index (χ0) is 13.8. The lowest BCUT2D eigenvalue weighted by Gasteiger charge is -2.21. The Morgan fingerprint density at radius 3 is 3.05 bits per heavy atom. The summed E-state index contributed by atoms with van der Waals surface area (Å²) in [7, 11) is 0. The van der Waals surface area contributed by atoms with E-state index in [0.29, 0.717) is 13.0 Å². The number of halogens is 1. The van der Waals surface area contributed by atoms with Gasteiger partial charge in [0.05, 0.1) is 5.56 Å². The fourth-order valence-corrected chi connectivity index (χ4v) is 2.13. The second-order valence-electron chi connectivity index (χ2n) is 4.66. The molecule has 1 aromatic rings. The molecule has 102 valence electrons. The standard InChI is InChI=1S/C13H16FN3O2/c1-9(8-17-7-3-5-11(17)18)16-13(19)10-4-2-6-15-12(10)14/h2,4,6,9H,3,5,7-8H2,1H3,(H,16,19). The first kappa shape index (κ1) is 13.5. The third-order valence-corrected chi connectivity index (χ3v) is 3.05. The molecular weight excluding hydrogens is 249 g/mol. The molecule has 0 aromatic carbocycles. The Morgan fingerprint density at radius 2 is 2.42 bits per heavy atom. The van der Waals surface area contributed by atoms with E-state index in [4.69, 9.17) is 0 Å². The summed E-state index contributed by atoms with van der Waals surface area (Å²) in [6.07, 6.45) is 2.72. The minimum Gasteiger partial charge on any atom is -0.348 e. The van der Waals surface area contributed by atoms with E-state index in [2.05, 4.69) is 10.3 Å². The molecule has 0 aliphatic carbocycles. The van der Waals surface area contributed by atoms with Crippen LogP contribution in [0.4, 0.5) is 4.39 Å². The molecule has 1 aromatic heterocycles. The lowest BCUT2D eigenvalue weighted by molar-refractivity contribution is -0.127. The molecule has 1 atom stereocenters. The Hall–Kier alpha value is -1.98. The average molecular weight is 265 g/mol. The Kier molecular flexibility index (Phi) is 4.09. The van der Waals surface area contributed by atoms with Gasteiger partial charge in [0.25, 0.3) is 5.91 Å². The number of likely N-dealkylation sites (tertiary alicyclic amines) is 1. The van der Waals surface area contributed by atoms with Crippen molar-refractivity contribution in [1.82, 2.24) is 15.2 Å². The van der Waals surface area contributed by atoms with E-state index in [1.807, 2.05) is 0 Å². The van der Waals surface area contributed by atoms with Crippen LogP contribution >= 0.6 is 0 Å². The number of nitrogens with one attached hydrogen (secondary N) is 1. The lowest BCUT2D eigenvalue weighted by atomic mass is 10.2. The number of rotatable bonds is 4. The van der Waals surface area contributed by atoms with Crippen molar-refractivity contribution >= 4 is 11.8 Å². The first-order valence-corrected chi connectivity index (χ1v) is 6.27. The molecule has 2 rings (SSSR count). The number of nitrogens with zero attached hydrogens (tertiary/aromatic N) is 2. The van der Waals surface area contributed by atoms with Crippen LogP contribution in [0, 0.1) is 5.95 Å². The highest BCUT2D eigenvalue weighted by Crippen LogP contribution is 2.10. The van der Waals surface area contributed by atoms with Crippen molar-refractivity contribution in [3.63, 3.8) is 0 Å². The van der Waals surface area contributed by atoms with E-state index in [0.717, 1.165) is 13.0 Å². The quantitative estimate of drug-likeness (QED) is 0.825. The van der Waals surface area contributed by atoms with E-state index in [1.54, 1.807) is 11.8 Å². The third kappa shape index (κ3) is 3.27. The smallest absolute Gasteiger partial charge is 0.256 e. The molecule has 1 fully saturated rings. The highest BCUT2D eigenvalue weighted by molar-refractivity contribution is 5.94. The van der Waals surface area contributed by atoms with E-state index >= 15 is 0 Å². The van der Waals surface area contributed by atoms with Crippen LogP contribution in [0.15, 0.2) is 18.3 Å². The van der Waals surface area contributed by atoms with Crippen LogP contribution in [0.1, 0.15) is 30.1 Å². The molecule has 0 radical (unpaired) electrons. The van der Waals surface area contributed by atoms with Gasteiger partial charge in [0, 0.05) is 31.7 Å². The van der Waals surface area contributed by atoms with Gasteiger partial charge >= 0.3 is 0 Å². The molecule has 1 N–H and O–H groups in total. The van der Waals surface area contributed by atoms with Crippen molar-refractivity contribution < 1.29 is 14.0 Å². The molecule has 1 aliphatic rings. The van der Waals surface area contributed by atoms with Crippen molar-refractivity contribution in [2.75, 3.05) is 13.1 Å². The predicted molar refractivity (Wildman–Crippen MR) is 66.9 cm³/mol. The minimum atomic E-state index is -0.788. The normalized spacial score (nSPS) is 16.5. The van der Waals surface area contributed by atoms with Crippen LogP contribution < -0.4 is 5.32 Å². The van der Waals surface area contributed by atoms with Crippen LogP contribution in [0.3, 0.4) is 0 Å². The Morgan fingerprint density at radius 1 is 1.63 bits per heavy atom. The average Bonchev–Trinajstić information content (AvgIpc) is 2.75. The minimum absolute atomic E-state index is 0.0814. The highest BCUT2D eigenvalue weighted by Gasteiger charge is 2.23. The van der Waals surface area contributed by atoms with Gasteiger partial charge in [0.1, 0.15) is 0 Å². The molecule has 6 heteroatoms. The summed E-state index contributed by atoms with van der Waals surface area (Å²) in [6.45, 7) is 2.96. The van der Waals surface area contributed by atoms with Crippen LogP contribution in [0.25, 0.3) is 0 Å². The van der Waals surface area contributed by atoms with E-state index < -0.39 is 11.9 Å². The summed E-state index contributed by atoms with van der Waals surface area (Å²) in [6, 6.07) is 2.66. The van der Waals surface area contributed by atoms with Crippen LogP contribution in [0.5, 0.6) is 0 Å². The summed E-state index contributed by atoms with van der Waals surface area (Å²) in [5.74, 6) is -1.19. The summed E-state index contributed by atoms with van der Waals surface area (Å²) in [4.78, 5) is 28.4. The maximum atomic E-state index is 13.3. The van der Waals surface area contributed by atoms with Gasteiger partial charge in [-0.3, -0.25) is 9.59 Å². The van der Waals surface area contributed by atoms with Crippen molar-refractivity contribution in [3.05, 3.63) is 29.8 Å². The zero-order valence-electron chi connectivity index (χ0n) is 10.7. The lowest BCUT2D eigenvalue weighted by Crippen LogP contribution is -2.42. The Balaban J connectivity index is 1.92. The van der Waals surface area contributed by atoms with Gasteiger partial charge in [-0.2, -0.15) is 4.39 Å². The molecule has 0 bridgehead atoms. The molecule has 1 saturated heterocycles. The Labute approximate surface area is 110 Å². The molecule has 2 amide bonds. The van der Waals surface area contributed by atoms with E-state index in [-0.39, 0.29) is 17.5 Å². The molecule has 2 heterocycles. The van der Waals surface area contributed by atoms with Gasteiger partial charge in [-0.1, -0.05) is 0 Å². The molecule has 0 spiro atoms. The van der Waals surface area contributed by atoms with Crippen LogP contribution in [0.2, 0.25) is 0 Å². The van der Waals surface area contributed by atoms with Gasteiger partial charge in [0.15, 0.2) is 0 Å². The van der Waals surface area contributed by atoms with Crippen molar-refractivity contribution in [2.45, 2.75) is 25.8 Å². The fourth-order valence-electron chi connectivity index (χ4n) is 2.13. The maximum absolute atomic E-state index is 13.3. The van der Waals surface area contributed by atoms with Crippen molar-refractivity contribution in [2.24, 2.45) is 0 Å². The topological polar surface area (TPSA) is 62.3 Å². The molecule has 1 aliphatic heterocycles. The SMILES string of the molecule is CC(CN1CCCC1=O)NC(=O)c1cccnc1F.